The molecule has 9 heteroatoms. The molecule has 0 heterocycles. The van der Waals surface area contributed by atoms with E-state index >= 15 is 0 Å². The smallest absolute Gasteiger partial charge is 0.144 e. The van der Waals surface area contributed by atoms with Gasteiger partial charge in [0.05, 0.1) is 6.61 Å². The summed E-state index contributed by atoms with van der Waals surface area (Å²) in [5, 5.41) is 14.7. The van der Waals surface area contributed by atoms with Gasteiger partial charge in [0, 0.05) is 0 Å². The fourth-order valence-electron chi connectivity index (χ4n) is 4.53. The number of hydrogen-bond donors (Lipinski definition) is 1. The van der Waals surface area contributed by atoms with E-state index in [0.717, 1.165) is 11.1 Å². The van der Waals surface area contributed by atoms with E-state index in [-0.39, 0.29) is 6.61 Å². The van der Waals surface area contributed by atoms with Gasteiger partial charge < -0.3 is 5.11 Å². The number of hydrogen-bond acceptors (Lipinski definition) is 1. The van der Waals surface area contributed by atoms with Gasteiger partial charge in [0.15, 0.2) is 0 Å². The molecule has 0 aliphatic heterocycles. The Labute approximate surface area is 229 Å². The van der Waals surface area contributed by atoms with E-state index in [0.29, 0.717) is 0 Å². The molecule has 5 rings (SSSR count). The van der Waals surface area contributed by atoms with Crippen molar-refractivity contribution in [2.45, 2.75) is 6.61 Å². The molecule has 5 aromatic carbocycles. The first-order chi connectivity index (χ1) is 18.8. The molecule has 0 saturated carbocycles. The molecule has 0 atom stereocenters. The van der Waals surface area contributed by atoms with Crippen molar-refractivity contribution in [1.29, 1.82) is 0 Å². The van der Waals surface area contributed by atoms with E-state index in [1.807, 2.05) is 12.1 Å². The largest absolute Gasteiger partial charge is 0.392 e. The number of aliphatic hydroxyl groups is 1. The SMILES string of the molecule is F[P-](F)(F)(F)(F)F.OCc1ccc(-c2ccc([P+](c3ccccc3)(c3ccccc3)c3ccccc3)cc2)cc1. The standard InChI is InChI=1S/C31H26OP.F6P/c32-24-25-16-18-26(19-17-25)27-20-22-31(23-21-27)33(28-10-4-1-5-11-28,29-12-6-2-7-13-29)30-14-8-3-9-15-30;1-7(2,3,4,5)6/h1-23,32H,24H2;/q+1;-1. The number of benzene rings is 5. The van der Waals surface area contributed by atoms with Crippen LogP contribution in [0.5, 0.6) is 0 Å². The van der Waals surface area contributed by atoms with Gasteiger partial charge in [0.1, 0.15) is 28.5 Å². The van der Waals surface area contributed by atoms with E-state index in [2.05, 4.69) is 127 Å². The van der Waals surface area contributed by atoms with Crippen molar-refractivity contribution >= 4 is 36.3 Å². The summed E-state index contributed by atoms with van der Waals surface area (Å²) in [6, 6.07) is 50.0. The van der Waals surface area contributed by atoms with E-state index in [9.17, 15) is 30.3 Å². The van der Waals surface area contributed by atoms with Crippen molar-refractivity contribution in [3.8, 4) is 11.1 Å². The van der Waals surface area contributed by atoms with Gasteiger partial charge in [0.2, 0.25) is 0 Å². The molecule has 0 saturated heterocycles. The topological polar surface area (TPSA) is 20.2 Å². The summed E-state index contributed by atoms with van der Waals surface area (Å²) >= 11 is 0. The predicted octanol–water partition coefficient (Wildman–Crippen LogP) is 8.85. The Morgan fingerprint density at radius 3 is 1.00 bits per heavy atom. The van der Waals surface area contributed by atoms with Crippen LogP contribution in [0.25, 0.3) is 11.1 Å². The van der Waals surface area contributed by atoms with Crippen LogP contribution in [-0.2, 0) is 6.61 Å². The van der Waals surface area contributed by atoms with Crippen molar-refractivity contribution in [3.05, 3.63) is 145 Å². The monoisotopic (exact) mass is 590 g/mol. The fourth-order valence-corrected chi connectivity index (χ4v) is 8.77. The second kappa shape index (κ2) is 10.8. The van der Waals surface area contributed by atoms with Gasteiger partial charge in [-0.3, -0.25) is 0 Å². The maximum atomic E-state index is 9.87. The van der Waals surface area contributed by atoms with Crippen LogP contribution in [0.2, 0.25) is 0 Å². The molecule has 5 aromatic rings. The summed E-state index contributed by atoms with van der Waals surface area (Å²) in [6.07, 6.45) is 0. The normalized spacial score (nSPS) is 13.4. The Kier molecular flexibility index (Phi) is 7.97. The van der Waals surface area contributed by atoms with Crippen molar-refractivity contribution in [2.75, 3.05) is 0 Å². The third kappa shape index (κ3) is 7.79. The number of halogens is 6. The first-order valence-corrected chi connectivity index (χ1v) is 16.0. The molecule has 0 unspecified atom stereocenters. The molecule has 0 aliphatic rings. The maximum absolute atomic E-state index is 10.7. The summed E-state index contributed by atoms with van der Waals surface area (Å²) in [7, 11) is -12.7. The van der Waals surface area contributed by atoms with Gasteiger partial charge in [-0.05, 0) is 65.2 Å². The minimum atomic E-state index is -10.7. The van der Waals surface area contributed by atoms with Crippen molar-refractivity contribution in [3.63, 3.8) is 0 Å². The van der Waals surface area contributed by atoms with Crippen molar-refractivity contribution < 1.29 is 30.3 Å². The van der Waals surface area contributed by atoms with Gasteiger partial charge in [-0.25, -0.2) is 0 Å². The minimum absolute atomic E-state index is 0.0669. The Hall–Kier alpha value is -3.50. The van der Waals surface area contributed by atoms with Crippen LogP contribution in [0.1, 0.15) is 5.56 Å². The third-order valence-corrected chi connectivity index (χ3v) is 10.4. The molecular formula is C31H26F6OP2. The molecule has 40 heavy (non-hydrogen) atoms. The Balaban J connectivity index is 0.000000470. The molecule has 208 valence electrons. The van der Waals surface area contributed by atoms with Crippen LogP contribution in [-0.4, -0.2) is 5.11 Å². The zero-order chi connectivity index (χ0) is 28.9. The van der Waals surface area contributed by atoms with Crippen LogP contribution in [0.3, 0.4) is 0 Å². The van der Waals surface area contributed by atoms with Gasteiger partial charge >= 0.3 is 33.0 Å². The zero-order valence-corrected chi connectivity index (χ0v) is 22.9. The molecule has 0 amide bonds. The second-order valence-electron chi connectivity index (χ2n) is 9.04. The molecule has 1 N–H and O–H groups in total. The first-order valence-electron chi connectivity index (χ1n) is 12.2. The van der Waals surface area contributed by atoms with Crippen LogP contribution < -0.4 is 21.2 Å². The summed E-state index contributed by atoms with van der Waals surface area (Å²) in [5.74, 6) is 0. The Bertz CT molecular complexity index is 1420. The summed E-state index contributed by atoms with van der Waals surface area (Å²) in [4.78, 5) is 0. The summed E-state index contributed by atoms with van der Waals surface area (Å²) in [6.45, 7) is 0.0669. The minimum Gasteiger partial charge on any atom is -0.392 e. The van der Waals surface area contributed by atoms with Crippen LogP contribution in [0.15, 0.2) is 140 Å². The van der Waals surface area contributed by atoms with Crippen LogP contribution in [0, 0.1) is 0 Å². The molecule has 0 fully saturated rings. The average molecular weight is 590 g/mol. The van der Waals surface area contributed by atoms with E-state index in [1.165, 1.54) is 26.8 Å². The van der Waals surface area contributed by atoms with E-state index in [1.54, 1.807) is 0 Å². The molecule has 0 radical (unpaired) electrons. The Morgan fingerprint density at radius 1 is 0.425 bits per heavy atom. The third-order valence-electron chi connectivity index (χ3n) is 6.15. The van der Waals surface area contributed by atoms with E-state index in [4.69, 9.17) is 0 Å². The zero-order valence-electron chi connectivity index (χ0n) is 21.1. The fraction of sp³-hybridized carbons (Fsp3) is 0.0323. The molecular weight excluding hydrogens is 564 g/mol. The predicted molar refractivity (Wildman–Crippen MR) is 156 cm³/mol. The van der Waals surface area contributed by atoms with Gasteiger partial charge in [-0.2, -0.15) is 0 Å². The van der Waals surface area contributed by atoms with Crippen molar-refractivity contribution in [2.24, 2.45) is 0 Å². The van der Waals surface area contributed by atoms with Gasteiger partial charge in [0.25, 0.3) is 0 Å². The summed E-state index contributed by atoms with van der Waals surface area (Å²) in [5.41, 5.74) is 3.26. The second-order valence-corrected chi connectivity index (χ2v) is 14.4. The Morgan fingerprint density at radius 2 is 0.700 bits per heavy atom. The van der Waals surface area contributed by atoms with Gasteiger partial charge in [-0.1, -0.05) is 91.0 Å². The molecule has 1 nitrogen and oxygen atoms in total. The van der Waals surface area contributed by atoms with Crippen molar-refractivity contribution in [1.82, 2.24) is 0 Å². The molecule has 0 bridgehead atoms. The molecule has 0 aliphatic carbocycles. The maximum Gasteiger partial charge on any atom is 0.144 e. The number of aliphatic hydroxyl groups excluding tert-OH is 1. The molecule has 0 aromatic heterocycles. The van der Waals surface area contributed by atoms with Crippen LogP contribution >= 0.6 is 15.1 Å². The number of rotatable bonds is 6. The van der Waals surface area contributed by atoms with Crippen LogP contribution in [0.4, 0.5) is 25.2 Å². The average Bonchev–Trinajstić information content (AvgIpc) is 2.94. The first kappa shape index (κ1) is 29.5. The molecule has 0 spiro atoms. The van der Waals surface area contributed by atoms with E-state index < -0.39 is 15.1 Å². The van der Waals surface area contributed by atoms with Gasteiger partial charge in [-0.15, -0.1) is 0 Å². The quantitative estimate of drug-likeness (QED) is 0.155. The summed E-state index contributed by atoms with van der Waals surface area (Å²) < 4.78 is 59.2.